The Morgan fingerprint density at radius 3 is 2.65 bits per heavy atom. The number of pyridine rings is 1. The molecule has 5 nitrogen and oxygen atoms in total. The molecule has 0 fully saturated rings. The van der Waals surface area contributed by atoms with Gasteiger partial charge in [0.05, 0.1) is 6.04 Å². The van der Waals surface area contributed by atoms with Gasteiger partial charge in [0.1, 0.15) is 5.69 Å². The minimum atomic E-state index is -0.235. The summed E-state index contributed by atoms with van der Waals surface area (Å²) in [5.74, 6) is 1.20. The molecule has 0 bridgehead atoms. The molecular formula is C12H16N4O. The number of aromatic nitrogens is 3. The molecule has 1 unspecified atom stereocenters. The van der Waals surface area contributed by atoms with E-state index in [4.69, 9.17) is 10.3 Å². The largest absolute Gasteiger partial charge is 0.337 e. The van der Waals surface area contributed by atoms with Gasteiger partial charge < -0.3 is 10.3 Å². The first kappa shape index (κ1) is 11.7. The molecule has 0 aliphatic carbocycles. The lowest BCUT2D eigenvalue weighted by Gasteiger charge is -2.09. The van der Waals surface area contributed by atoms with Crippen LogP contribution in [0.25, 0.3) is 11.5 Å². The molecule has 0 saturated heterocycles. The summed E-state index contributed by atoms with van der Waals surface area (Å²) < 4.78 is 5.16. The highest BCUT2D eigenvalue weighted by Crippen LogP contribution is 2.20. The van der Waals surface area contributed by atoms with Gasteiger partial charge in [-0.25, -0.2) is 4.98 Å². The summed E-state index contributed by atoms with van der Waals surface area (Å²) in [5, 5.41) is 3.90. The Morgan fingerprint density at radius 1 is 1.24 bits per heavy atom. The zero-order chi connectivity index (χ0) is 12.4. The zero-order valence-electron chi connectivity index (χ0n) is 10.2. The van der Waals surface area contributed by atoms with E-state index in [1.807, 2.05) is 39.0 Å². The standard InChI is InChI=1S/C12H16N4O/c1-7(2)10(13)12-15-11(16-17-12)9-6-4-5-8(3)14-9/h4-7,10H,13H2,1-3H3. The summed E-state index contributed by atoms with van der Waals surface area (Å²) in [4.78, 5) is 8.61. The Labute approximate surface area is 100 Å². The van der Waals surface area contributed by atoms with E-state index >= 15 is 0 Å². The maximum atomic E-state index is 5.94. The maximum Gasteiger partial charge on any atom is 0.244 e. The van der Waals surface area contributed by atoms with Crippen LogP contribution < -0.4 is 5.73 Å². The average molecular weight is 232 g/mol. The van der Waals surface area contributed by atoms with Gasteiger partial charge in [0, 0.05) is 5.69 Å². The molecule has 0 radical (unpaired) electrons. The summed E-state index contributed by atoms with van der Waals surface area (Å²) in [6, 6.07) is 5.45. The van der Waals surface area contributed by atoms with Crippen molar-refractivity contribution >= 4 is 0 Å². The van der Waals surface area contributed by atoms with Gasteiger partial charge in [0.25, 0.3) is 0 Å². The monoisotopic (exact) mass is 232 g/mol. The first-order valence-corrected chi connectivity index (χ1v) is 5.61. The van der Waals surface area contributed by atoms with Crippen LogP contribution in [0, 0.1) is 12.8 Å². The molecule has 0 aliphatic rings. The predicted molar refractivity (Wildman–Crippen MR) is 64.0 cm³/mol. The Kier molecular flexibility index (Phi) is 3.19. The van der Waals surface area contributed by atoms with E-state index in [1.54, 1.807) is 0 Å². The van der Waals surface area contributed by atoms with E-state index in [0.29, 0.717) is 17.4 Å². The summed E-state index contributed by atoms with van der Waals surface area (Å²) in [5.41, 5.74) is 7.57. The molecule has 1 atom stereocenters. The smallest absolute Gasteiger partial charge is 0.244 e. The molecule has 17 heavy (non-hydrogen) atoms. The van der Waals surface area contributed by atoms with Crippen LogP contribution in [0.3, 0.4) is 0 Å². The fourth-order valence-corrected chi connectivity index (χ4v) is 1.43. The van der Waals surface area contributed by atoms with Crippen LogP contribution >= 0.6 is 0 Å². The van der Waals surface area contributed by atoms with Crippen molar-refractivity contribution in [3.8, 4) is 11.5 Å². The van der Waals surface area contributed by atoms with Crippen LogP contribution in [0.4, 0.5) is 0 Å². The molecule has 0 saturated carbocycles. The average Bonchev–Trinajstić information content (AvgIpc) is 2.77. The van der Waals surface area contributed by atoms with E-state index in [-0.39, 0.29) is 12.0 Å². The van der Waals surface area contributed by atoms with Gasteiger partial charge in [0.15, 0.2) is 0 Å². The third-order valence-electron chi connectivity index (χ3n) is 2.56. The molecular weight excluding hydrogens is 216 g/mol. The van der Waals surface area contributed by atoms with Crippen molar-refractivity contribution in [1.82, 2.24) is 15.1 Å². The maximum absolute atomic E-state index is 5.94. The van der Waals surface area contributed by atoms with E-state index in [0.717, 1.165) is 5.69 Å². The number of aryl methyl sites for hydroxylation is 1. The van der Waals surface area contributed by atoms with Crippen LogP contribution in [0.2, 0.25) is 0 Å². The van der Waals surface area contributed by atoms with Gasteiger partial charge in [-0.05, 0) is 25.0 Å². The first-order valence-electron chi connectivity index (χ1n) is 5.61. The van der Waals surface area contributed by atoms with Crippen molar-refractivity contribution in [2.24, 2.45) is 11.7 Å². The highest BCUT2D eigenvalue weighted by molar-refractivity contribution is 5.48. The second kappa shape index (κ2) is 4.63. The summed E-state index contributed by atoms with van der Waals surface area (Å²) in [6.07, 6.45) is 0. The highest BCUT2D eigenvalue weighted by atomic mass is 16.5. The highest BCUT2D eigenvalue weighted by Gasteiger charge is 2.18. The van der Waals surface area contributed by atoms with Crippen molar-refractivity contribution in [3.05, 3.63) is 29.8 Å². The number of nitrogens with two attached hydrogens (primary N) is 1. The van der Waals surface area contributed by atoms with Crippen LogP contribution in [0.1, 0.15) is 31.5 Å². The van der Waals surface area contributed by atoms with Crippen molar-refractivity contribution in [1.29, 1.82) is 0 Å². The van der Waals surface area contributed by atoms with E-state index in [2.05, 4.69) is 15.1 Å². The lowest BCUT2D eigenvalue weighted by Crippen LogP contribution is -2.16. The van der Waals surface area contributed by atoms with Crippen LogP contribution in [-0.4, -0.2) is 15.1 Å². The SMILES string of the molecule is Cc1cccc(-c2noc(C(N)C(C)C)n2)n1. The molecule has 5 heteroatoms. The molecule has 90 valence electrons. The topological polar surface area (TPSA) is 77.8 Å². The molecule has 2 heterocycles. The fraction of sp³-hybridized carbons (Fsp3) is 0.417. The van der Waals surface area contributed by atoms with Crippen molar-refractivity contribution < 1.29 is 4.52 Å². The number of hydrogen-bond acceptors (Lipinski definition) is 5. The van der Waals surface area contributed by atoms with E-state index < -0.39 is 0 Å². The first-order chi connectivity index (χ1) is 8.08. The summed E-state index contributed by atoms with van der Waals surface area (Å²) >= 11 is 0. The van der Waals surface area contributed by atoms with Crippen LogP contribution in [0.5, 0.6) is 0 Å². The molecule has 2 N–H and O–H groups in total. The second-order valence-corrected chi connectivity index (χ2v) is 4.39. The Hall–Kier alpha value is -1.75. The van der Waals surface area contributed by atoms with Crippen molar-refractivity contribution in [2.75, 3.05) is 0 Å². The van der Waals surface area contributed by atoms with Gasteiger partial charge in [-0.3, -0.25) is 0 Å². The van der Waals surface area contributed by atoms with Gasteiger partial charge in [-0.1, -0.05) is 25.1 Å². The van der Waals surface area contributed by atoms with Crippen LogP contribution in [0.15, 0.2) is 22.7 Å². The molecule has 0 spiro atoms. The summed E-state index contributed by atoms with van der Waals surface area (Å²) in [6.45, 7) is 5.95. The molecule has 2 aromatic rings. The predicted octanol–water partition coefficient (Wildman–Crippen LogP) is 2.10. The Bertz CT molecular complexity index is 507. The van der Waals surface area contributed by atoms with Gasteiger partial charge in [-0.2, -0.15) is 4.98 Å². The number of nitrogens with zero attached hydrogens (tertiary/aromatic N) is 3. The minimum absolute atomic E-state index is 0.235. The Balaban J connectivity index is 2.30. The summed E-state index contributed by atoms with van der Waals surface area (Å²) in [7, 11) is 0. The lowest BCUT2D eigenvalue weighted by atomic mass is 10.1. The van der Waals surface area contributed by atoms with E-state index in [1.165, 1.54) is 0 Å². The number of hydrogen-bond donors (Lipinski definition) is 1. The van der Waals surface area contributed by atoms with Gasteiger partial charge in [-0.15, -0.1) is 0 Å². The fourth-order valence-electron chi connectivity index (χ4n) is 1.43. The normalized spacial score (nSPS) is 13.0. The molecule has 2 aromatic heterocycles. The Morgan fingerprint density at radius 2 is 2.00 bits per heavy atom. The van der Waals surface area contributed by atoms with Crippen LogP contribution in [-0.2, 0) is 0 Å². The minimum Gasteiger partial charge on any atom is -0.337 e. The molecule has 0 amide bonds. The lowest BCUT2D eigenvalue weighted by molar-refractivity contribution is 0.325. The zero-order valence-corrected chi connectivity index (χ0v) is 10.2. The quantitative estimate of drug-likeness (QED) is 0.876. The third-order valence-corrected chi connectivity index (χ3v) is 2.56. The van der Waals surface area contributed by atoms with E-state index in [9.17, 15) is 0 Å². The van der Waals surface area contributed by atoms with Gasteiger partial charge in [0.2, 0.25) is 11.7 Å². The van der Waals surface area contributed by atoms with Crippen molar-refractivity contribution in [3.63, 3.8) is 0 Å². The number of rotatable bonds is 3. The third kappa shape index (κ3) is 2.50. The molecule has 0 aliphatic heterocycles. The molecule has 0 aromatic carbocycles. The van der Waals surface area contributed by atoms with Crippen molar-refractivity contribution in [2.45, 2.75) is 26.8 Å². The second-order valence-electron chi connectivity index (χ2n) is 4.39. The molecule has 2 rings (SSSR count). The van der Waals surface area contributed by atoms with Gasteiger partial charge >= 0.3 is 0 Å².